The number of fused-ring (bicyclic) bond motifs is 1. The van der Waals surface area contributed by atoms with Gasteiger partial charge in [0.15, 0.2) is 0 Å². The number of ether oxygens (including phenoxy) is 1. The van der Waals surface area contributed by atoms with Crippen molar-refractivity contribution in [2.45, 2.75) is 65.0 Å². The van der Waals surface area contributed by atoms with Crippen molar-refractivity contribution in [3.8, 4) is 0 Å². The first-order valence-corrected chi connectivity index (χ1v) is 11.7. The molecule has 4 rings (SSSR count). The lowest BCUT2D eigenvalue weighted by Gasteiger charge is -2.34. The van der Waals surface area contributed by atoms with Gasteiger partial charge in [0.2, 0.25) is 5.91 Å². The van der Waals surface area contributed by atoms with Crippen molar-refractivity contribution in [2.24, 2.45) is 11.3 Å². The summed E-state index contributed by atoms with van der Waals surface area (Å²) < 4.78 is 4.25. The fraction of sp³-hybridized carbons (Fsp3) is 0.792. The number of methoxy groups -OCH3 is 1. The van der Waals surface area contributed by atoms with Crippen molar-refractivity contribution in [3.05, 3.63) is 23.5 Å². The minimum Gasteiger partial charge on any atom is -0.388 e. The lowest BCUT2D eigenvalue weighted by atomic mass is 9.80. The molecule has 2 N–H and O–H groups in total. The average molecular weight is 419 g/mol. The first-order valence-electron chi connectivity index (χ1n) is 11.7. The van der Waals surface area contributed by atoms with Gasteiger partial charge in [-0.3, -0.25) is 9.69 Å². The predicted molar refractivity (Wildman–Crippen MR) is 122 cm³/mol. The Morgan fingerprint density at radius 3 is 2.60 bits per heavy atom. The number of dihydropyridines is 1. The summed E-state index contributed by atoms with van der Waals surface area (Å²) in [6.07, 6.45) is 11.3. The first-order chi connectivity index (χ1) is 14.4. The van der Waals surface area contributed by atoms with Crippen LogP contribution in [0.4, 0.5) is 0 Å². The Kier molecular flexibility index (Phi) is 7.99. The first kappa shape index (κ1) is 23.3. The molecule has 2 saturated heterocycles. The summed E-state index contributed by atoms with van der Waals surface area (Å²) >= 11 is 0. The van der Waals surface area contributed by atoms with Gasteiger partial charge in [-0.25, -0.2) is 0 Å². The van der Waals surface area contributed by atoms with Crippen LogP contribution in [0.2, 0.25) is 0 Å². The molecule has 0 aromatic rings. The summed E-state index contributed by atoms with van der Waals surface area (Å²) in [5, 5.41) is 7.13. The number of rotatable bonds is 3. The number of allylic oxidation sites excluding steroid dienone is 1. The van der Waals surface area contributed by atoms with Crippen molar-refractivity contribution in [3.63, 3.8) is 0 Å². The molecule has 0 bridgehead atoms. The number of amides is 1. The van der Waals surface area contributed by atoms with Crippen molar-refractivity contribution in [1.82, 2.24) is 20.4 Å². The Labute approximate surface area is 183 Å². The Morgan fingerprint density at radius 2 is 1.93 bits per heavy atom. The number of hydrogen-bond acceptors (Lipinski definition) is 5. The number of likely N-dealkylation sites (tertiary alicyclic amines) is 1. The molecule has 0 radical (unpaired) electrons. The van der Waals surface area contributed by atoms with E-state index in [1.54, 1.807) is 14.2 Å². The van der Waals surface area contributed by atoms with E-state index in [4.69, 9.17) is 0 Å². The summed E-state index contributed by atoms with van der Waals surface area (Å²) in [6, 6.07) is 0.846. The van der Waals surface area contributed by atoms with Gasteiger partial charge >= 0.3 is 0 Å². The molecule has 2 unspecified atom stereocenters. The molecule has 1 saturated carbocycles. The zero-order valence-corrected chi connectivity index (χ0v) is 19.7. The van der Waals surface area contributed by atoms with Crippen LogP contribution in [0.5, 0.6) is 0 Å². The van der Waals surface area contributed by atoms with E-state index < -0.39 is 0 Å². The summed E-state index contributed by atoms with van der Waals surface area (Å²) in [5.74, 6) is 0.967. The second-order valence-corrected chi connectivity index (χ2v) is 10.1. The van der Waals surface area contributed by atoms with E-state index in [1.165, 1.54) is 43.4 Å². The van der Waals surface area contributed by atoms with Gasteiger partial charge in [-0.1, -0.05) is 33.1 Å². The van der Waals surface area contributed by atoms with Crippen molar-refractivity contribution < 1.29 is 9.53 Å². The molecular formula is C24H42N4O2. The number of hydrogen-bond donors (Lipinski definition) is 2. The van der Waals surface area contributed by atoms with E-state index >= 15 is 0 Å². The number of carbonyl (C=O) groups is 1. The van der Waals surface area contributed by atoms with Crippen LogP contribution in [-0.2, 0) is 9.53 Å². The lowest BCUT2D eigenvalue weighted by molar-refractivity contribution is -0.130. The Bertz CT molecular complexity index is 652. The maximum Gasteiger partial charge on any atom is 0.241 e. The molecule has 170 valence electrons. The van der Waals surface area contributed by atoms with Crippen LogP contribution in [0, 0.1) is 11.3 Å². The molecule has 0 aromatic heterocycles. The zero-order valence-electron chi connectivity index (χ0n) is 19.7. The smallest absolute Gasteiger partial charge is 0.241 e. The quantitative estimate of drug-likeness (QED) is 0.738. The van der Waals surface area contributed by atoms with Crippen LogP contribution in [-0.4, -0.2) is 74.7 Å². The minimum atomic E-state index is 0.0166. The minimum absolute atomic E-state index is 0.0166. The Hall–Kier alpha value is -1.37. The van der Waals surface area contributed by atoms with E-state index in [9.17, 15) is 4.79 Å². The molecule has 4 aliphatic rings. The van der Waals surface area contributed by atoms with E-state index in [-0.39, 0.29) is 11.3 Å². The summed E-state index contributed by atoms with van der Waals surface area (Å²) in [4.78, 5) is 17.6. The van der Waals surface area contributed by atoms with Crippen molar-refractivity contribution >= 4 is 5.91 Å². The highest BCUT2D eigenvalue weighted by molar-refractivity contribution is 5.82. The fourth-order valence-electron chi connectivity index (χ4n) is 5.32. The van der Waals surface area contributed by atoms with Crippen LogP contribution in [0.3, 0.4) is 0 Å². The zero-order chi connectivity index (χ0) is 21.7. The van der Waals surface area contributed by atoms with Gasteiger partial charge in [0, 0.05) is 69.8 Å². The summed E-state index contributed by atoms with van der Waals surface area (Å²) in [5.41, 5.74) is 2.50. The molecule has 6 nitrogen and oxygen atoms in total. The monoisotopic (exact) mass is 418 g/mol. The molecular weight excluding hydrogens is 376 g/mol. The van der Waals surface area contributed by atoms with Crippen LogP contribution in [0.15, 0.2) is 23.5 Å². The van der Waals surface area contributed by atoms with Crippen molar-refractivity contribution in [1.29, 1.82) is 0 Å². The third-order valence-electron chi connectivity index (χ3n) is 6.88. The van der Waals surface area contributed by atoms with E-state index in [0.717, 1.165) is 26.2 Å². The second kappa shape index (κ2) is 10.3. The van der Waals surface area contributed by atoms with E-state index in [2.05, 4.69) is 58.2 Å². The Morgan fingerprint density at radius 1 is 1.23 bits per heavy atom. The topological polar surface area (TPSA) is 56.8 Å². The highest BCUT2D eigenvalue weighted by atomic mass is 16.4. The maximum atomic E-state index is 13.2. The third-order valence-corrected chi connectivity index (χ3v) is 6.88. The molecule has 30 heavy (non-hydrogen) atoms. The molecule has 3 heterocycles. The Balaban J connectivity index is 0.000000806. The lowest BCUT2D eigenvalue weighted by Crippen LogP contribution is -2.52. The van der Waals surface area contributed by atoms with Gasteiger partial charge in [-0.05, 0) is 37.3 Å². The van der Waals surface area contributed by atoms with Gasteiger partial charge in [-0.2, -0.15) is 0 Å². The molecule has 6 heteroatoms. The molecule has 3 fully saturated rings. The average Bonchev–Trinajstić information content (AvgIpc) is 3.00. The molecule has 1 aliphatic carbocycles. The highest BCUT2D eigenvalue weighted by Crippen LogP contribution is 2.44. The number of carbonyl (C=O) groups excluding carboxylic acids is 1. The van der Waals surface area contributed by atoms with E-state index in [1.807, 2.05) is 0 Å². The fourth-order valence-corrected chi connectivity index (χ4v) is 5.32. The molecule has 3 aliphatic heterocycles. The van der Waals surface area contributed by atoms with E-state index in [0.29, 0.717) is 24.5 Å². The number of nitrogens with one attached hydrogen (secondary N) is 2. The molecule has 0 aromatic carbocycles. The van der Waals surface area contributed by atoms with Crippen molar-refractivity contribution in [2.75, 3.05) is 46.9 Å². The van der Waals surface area contributed by atoms with Crippen LogP contribution in [0.25, 0.3) is 0 Å². The molecule has 0 spiro atoms. The van der Waals surface area contributed by atoms with Gasteiger partial charge in [0.1, 0.15) is 0 Å². The molecule has 1 amide bonds. The van der Waals surface area contributed by atoms with Gasteiger partial charge in [-0.15, -0.1) is 0 Å². The standard InChI is InChI=1S/C22H36N4O.C2H6O/c1-16-13-25(10-9-23-16)14-21(27)26-15-22(2,3)18-12-24-19(11-20(18)26)17-7-5-4-6-8-17;1-3-2/h11-12,16-17,19,23-24H,4-10,13-15H2,1-3H3;1-2H3. The van der Waals surface area contributed by atoms with Crippen LogP contribution in [0.1, 0.15) is 52.9 Å². The maximum absolute atomic E-state index is 13.2. The van der Waals surface area contributed by atoms with Gasteiger partial charge in [0.05, 0.1) is 6.54 Å². The van der Waals surface area contributed by atoms with Gasteiger partial charge < -0.3 is 20.3 Å². The SMILES string of the molecule is CC1CN(CC(=O)N2CC(C)(C)C3=CNC(C4CCCCC4)C=C32)CCN1.COC. The normalized spacial score (nSPS) is 29.2. The predicted octanol–water partition coefficient (Wildman–Crippen LogP) is 2.73. The van der Waals surface area contributed by atoms with Gasteiger partial charge in [0.25, 0.3) is 0 Å². The van der Waals surface area contributed by atoms with Crippen LogP contribution < -0.4 is 10.6 Å². The largest absolute Gasteiger partial charge is 0.388 e. The van der Waals surface area contributed by atoms with Crippen LogP contribution >= 0.6 is 0 Å². The number of nitrogens with zero attached hydrogens (tertiary/aromatic N) is 2. The third kappa shape index (κ3) is 5.45. The summed E-state index contributed by atoms with van der Waals surface area (Å²) in [6.45, 7) is 10.9. The molecule has 2 atom stereocenters. The summed E-state index contributed by atoms with van der Waals surface area (Å²) in [7, 11) is 3.25. The number of piperazine rings is 1. The highest BCUT2D eigenvalue weighted by Gasteiger charge is 2.43. The second-order valence-electron chi connectivity index (χ2n) is 10.1.